The zero-order valence-corrected chi connectivity index (χ0v) is 14.5. The molecule has 1 N–H and O–H groups in total. The molecule has 1 aromatic heterocycles. The molecular weight excluding hydrogens is 366 g/mol. The van der Waals surface area contributed by atoms with Crippen molar-refractivity contribution >= 4 is 33.6 Å². The van der Waals surface area contributed by atoms with Crippen LogP contribution in [-0.2, 0) is 11.2 Å². The van der Waals surface area contributed by atoms with E-state index in [2.05, 4.69) is 33.4 Å². The highest BCUT2D eigenvalue weighted by molar-refractivity contribution is 9.10. The Kier molecular flexibility index (Phi) is 5.29. The molecule has 0 radical (unpaired) electrons. The Hall–Kier alpha value is -2.59. The fraction of sp³-hybridized carbons (Fsp3) is 0.0500. The lowest BCUT2D eigenvalue weighted by atomic mass is 10.0. The van der Waals surface area contributed by atoms with E-state index in [1.807, 2.05) is 42.5 Å². The van der Waals surface area contributed by atoms with Crippen molar-refractivity contribution in [1.29, 1.82) is 0 Å². The molecule has 4 heteroatoms. The molecule has 1 amide bonds. The fourth-order valence-electron chi connectivity index (χ4n) is 2.36. The first kappa shape index (κ1) is 16.3. The van der Waals surface area contributed by atoms with Crippen molar-refractivity contribution in [2.45, 2.75) is 6.42 Å². The van der Waals surface area contributed by atoms with E-state index < -0.39 is 0 Å². The molecule has 120 valence electrons. The predicted octanol–water partition coefficient (Wildman–Crippen LogP) is 5.28. The van der Waals surface area contributed by atoms with Gasteiger partial charge in [0.1, 0.15) is 5.76 Å². The Bertz CT molecular complexity index is 853. The van der Waals surface area contributed by atoms with Crippen molar-refractivity contribution < 1.29 is 9.21 Å². The maximum Gasteiger partial charge on any atom is 0.248 e. The number of hydrogen-bond donors (Lipinski definition) is 1. The second-order valence-corrected chi connectivity index (χ2v) is 6.07. The molecule has 0 saturated carbocycles. The quantitative estimate of drug-likeness (QED) is 0.610. The highest BCUT2D eigenvalue weighted by Gasteiger charge is 2.05. The van der Waals surface area contributed by atoms with Crippen molar-refractivity contribution in [3.05, 3.63) is 94.4 Å². The third-order valence-electron chi connectivity index (χ3n) is 3.51. The van der Waals surface area contributed by atoms with Crippen LogP contribution in [0.4, 0.5) is 5.69 Å². The smallest absolute Gasteiger partial charge is 0.248 e. The second kappa shape index (κ2) is 7.79. The number of benzene rings is 2. The molecule has 0 spiro atoms. The van der Waals surface area contributed by atoms with Gasteiger partial charge in [0.2, 0.25) is 5.91 Å². The maximum atomic E-state index is 12.1. The number of para-hydroxylation sites is 1. The minimum absolute atomic E-state index is 0.192. The molecule has 0 aliphatic carbocycles. The lowest BCUT2D eigenvalue weighted by molar-refractivity contribution is -0.111. The SMILES string of the molecule is O=C(C=Cc1ccc(Br)o1)Nc1ccccc1Cc1ccccc1. The predicted molar refractivity (Wildman–Crippen MR) is 99.8 cm³/mol. The molecule has 0 bridgehead atoms. The van der Waals surface area contributed by atoms with Crippen LogP contribution in [0.1, 0.15) is 16.9 Å². The number of halogens is 1. The average Bonchev–Trinajstić information content (AvgIpc) is 3.01. The van der Waals surface area contributed by atoms with Crippen LogP contribution in [0.3, 0.4) is 0 Å². The van der Waals surface area contributed by atoms with E-state index >= 15 is 0 Å². The molecule has 0 aliphatic heterocycles. The number of nitrogens with one attached hydrogen (secondary N) is 1. The molecule has 0 aliphatic rings. The molecule has 3 aromatic rings. The molecule has 0 fully saturated rings. The summed E-state index contributed by atoms with van der Waals surface area (Å²) in [4.78, 5) is 12.1. The second-order valence-electron chi connectivity index (χ2n) is 5.28. The van der Waals surface area contributed by atoms with Gasteiger partial charge in [-0.25, -0.2) is 0 Å². The number of amides is 1. The van der Waals surface area contributed by atoms with Gasteiger partial charge < -0.3 is 9.73 Å². The zero-order chi connectivity index (χ0) is 16.8. The number of anilines is 1. The molecule has 24 heavy (non-hydrogen) atoms. The van der Waals surface area contributed by atoms with Gasteiger partial charge in [-0.05, 0) is 57.8 Å². The van der Waals surface area contributed by atoms with E-state index in [1.54, 1.807) is 18.2 Å². The van der Waals surface area contributed by atoms with Gasteiger partial charge in [-0.15, -0.1) is 0 Å². The molecular formula is C20H16BrNO2. The van der Waals surface area contributed by atoms with E-state index in [-0.39, 0.29) is 5.91 Å². The highest BCUT2D eigenvalue weighted by atomic mass is 79.9. The third kappa shape index (κ3) is 4.46. The first-order valence-corrected chi connectivity index (χ1v) is 8.36. The Labute approximate surface area is 149 Å². The monoisotopic (exact) mass is 381 g/mol. The Morgan fingerprint density at radius 2 is 1.75 bits per heavy atom. The van der Waals surface area contributed by atoms with Crippen LogP contribution in [0.5, 0.6) is 0 Å². The molecule has 0 atom stereocenters. The summed E-state index contributed by atoms with van der Waals surface area (Å²) in [5, 5.41) is 2.93. The van der Waals surface area contributed by atoms with Gasteiger partial charge in [-0.2, -0.15) is 0 Å². The Balaban J connectivity index is 1.70. The topological polar surface area (TPSA) is 42.2 Å². The number of carbonyl (C=O) groups excluding carboxylic acids is 1. The molecule has 1 heterocycles. The average molecular weight is 382 g/mol. The number of hydrogen-bond acceptors (Lipinski definition) is 2. The maximum absolute atomic E-state index is 12.1. The summed E-state index contributed by atoms with van der Waals surface area (Å²) in [6.07, 6.45) is 3.87. The molecule has 3 nitrogen and oxygen atoms in total. The third-order valence-corrected chi connectivity index (χ3v) is 3.93. The van der Waals surface area contributed by atoms with Crippen LogP contribution >= 0.6 is 15.9 Å². The number of furan rings is 1. The van der Waals surface area contributed by atoms with Crippen molar-refractivity contribution in [3.63, 3.8) is 0 Å². The van der Waals surface area contributed by atoms with Crippen LogP contribution in [0, 0.1) is 0 Å². The van der Waals surface area contributed by atoms with Crippen molar-refractivity contribution in [2.75, 3.05) is 5.32 Å². The first-order chi connectivity index (χ1) is 11.7. The van der Waals surface area contributed by atoms with Gasteiger partial charge in [0.05, 0.1) is 0 Å². The van der Waals surface area contributed by atoms with Crippen LogP contribution in [0.25, 0.3) is 6.08 Å². The summed E-state index contributed by atoms with van der Waals surface area (Å²) >= 11 is 3.23. The minimum Gasteiger partial charge on any atom is -0.450 e. The number of carbonyl (C=O) groups is 1. The van der Waals surface area contributed by atoms with Crippen molar-refractivity contribution in [1.82, 2.24) is 0 Å². The van der Waals surface area contributed by atoms with Gasteiger partial charge in [-0.3, -0.25) is 4.79 Å². The standard InChI is InChI=1S/C20H16BrNO2/c21-19-12-10-17(24-19)11-13-20(23)22-18-9-5-4-8-16(18)14-15-6-2-1-3-7-15/h1-13H,14H2,(H,22,23). The van der Waals surface area contributed by atoms with Crippen molar-refractivity contribution in [3.8, 4) is 0 Å². The lowest BCUT2D eigenvalue weighted by Crippen LogP contribution is -2.09. The van der Waals surface area contributed by atoms with E-state index in [0.717, 1.165) is 17.7 Å². The van der Waals surface area contributed by atoms with Crippen LogP contribution in [0.15, 0.2) is 81.9 Å². The minimum atomic E-state index is -0.192. The molecule has 0 unspecified atom stereocenters. The Morgan fingerprint density at radius 3 is 2.50 bits per heavy atom. The molecule has 3 rings (SSSR count). The Morgan fingerprint density at radius 1 is 1.00 bits per heavy atom. The zero-order valence-electron chi connectivity index (χ0n) is 12.9. The summed E-state index contributed by atoms with van der Waals surface area (Å²) in [6, 6.07) is 21.6. The van der Waals surface area contributed by atoms with E-state index in [1.165, 1.54) is 11.6 Å². The van der Waals surface area contributed by atoms with Gasteiger partial charge in [0.15, 0.2) is 4.67 Å². The highest BCUT2D eigenvalue weighted by Crippen LogP contribution is 2.19. The summed E-state index contributed by atoms with van der Waals surface area (Å²) < 4.78 is 5.97. The molecule has 0 saturated heterocycles. The number of rotatable bonds is 5. The normalized spacial score (nSPS) is 10.9. The fourth-order valence-corrected chi connectivity index (χ4v) is 2.68. The summed E-state index contributed by atoms with van der Waals surface area (Å²) in [6.45, 7) is 0. The van der Waals surface area contributed by atoms with E-state index in [0.29, 0.717) is 10.4 Å². The lowest BCUT2D eigenvalue weighted by Gasteiger charge is -2.10. The summed E-state index contributed by atoms with van der Waals surface area (Å²) in [7, 11) is 0. The van der Waals surface area contributed by atoms with Crippen molar-refractivity contribution in [2.24, 2.45) is 0 Å². The van der Waals surface area contributed by atoms with Gasteiger partial charge in [0.25, 0.3) is 0 Å². The van der Waals surface area contributed by atoms with Crippen LogP contribution < -0.4 is 5.32 Å². The van der Waals surface area contributed by atoms with Gasteiger partial charge in [-0.1, -0.05) is 48.5 Å². The van der Waals surface area contributed by atoms with Crippen LogP contribution in [-0.4, -0.2) is 5.91 Å². The largest absolute Gasteiger partial charge is 0.450 e. The first-order valence-electron chi connectivity index (χ1n) is 7.57. The summed E-state index contributed by atoms with van der Waals surface area (Å²) in [5.74, 6) is 0.428. The molecule has 2 aromatic carbocycles. The van der Waals surface area contributed by atoms with Gasteiger partial charge >= 0.3 is 0 Å². The van der Waals surface area contributed by atoms with Crippen LogP contribution in [0.2, 0.25) is 0 Å². The van der Waals surface area contributed by atoms with Gasteiger partial charge in [0, 0.05) is 11.8 Å². The van der Waals surface area contributed by atoms with E-state index in [9.17, 15) is 4.79 Å². The van der Waals surface area contributed by atoms with E-state index in [4.69, 9.17) is 4.42 Å². The summed E-state index contributed by atoms with van der Waals surface area (Å²) in [5.41, 5.74) is 3.10.